The summed E-state index contributed by atoms with van der Waals surface area (Å²) >= 11 is 0. The van der Waals surface area contributed by atoms with E-state index in [1.165, 1.54) is 77.0 Å². The molecule has 0 saturated carbocycles. The van der Waals surface area contributed by atoms with Gasteiger partial charge in [0.1, 0.15) is 62.0 Å². The second-order valence-corrected chi connectivity index (χ2v) is 13.4. The molecule has 0 aliphatic carbocycles. The number of esters is 2. The summed E-state index contributed by atoms with van der Waals surface area (Å²) in [7, 11) is 0. The van der Waals surface area contributed by atoms with Gasteiger partial charge in [-0.15, -0.1) is 0 Å². The largest absolute Gasteiger partial charge is 0.463 e. The highest BCUT2D eigenvalue weighted by atomic mass is 16.6. The van der Waals surface area contributed by atoms with Crippen molar-refractivity contribution < 1.29 is 59.2 Å². The first-order valence-corrected chi connectivity index (χ1v) is 18.7. The van der Waals surface area contributed by atoms with E-state index in [9.17, 15) is 40.2 Å². The Morgan fingerprint density at radius 3 is 1.10 bits per heavy atom. The third kappa shape index (κ3) is 20.3. The van der Waals surface area contributed by atoms with Crippen LogP contribution in [0.2, 0.25) is 0 Å². The van der Waals surface area contributed by atoms with E-state index in [4.69, 9.17) is 18.9 Å². The molecule has 0 radical (unpaired) electrons. The Bertz CT molecular complexity index is 735. The summed E-state index contributed by atoms with van der Waals surface area (Å²) in [6.07, 6.45) is 13.7. The van der Waals surface area contributed by atoms with Crippen LogP contribution >= 0.6 is 0 Å². The van der Waals surface area contributed by atoms with Gasteiger partial charge in [0, 0.05) is 12.8 Å². The highest BCUT2D eigenvalue weighted by molar-refractivity contribution is 5.69. The topological polar surface area (TPSA) is 192 Å². The van der Waals surface area contributed by atoms with Crippen LogP contribution < -0.4 is 0 Å². The van der Waals surface area contributed by atoms with Crippen LogP contribution in [0.15, 0.2) is 0 Å². The highest BCUT2D eigenvalue weighted by Gasteiger charge is 2.40. The lowest BCUT2D eigenvalue weighted by Gasteiger charge is -2.20. The number of hydrogen-bond donors (Lipinski definition) is 6. The minimum Gasteiger partial charge on any atom is -0.463 e. The quantitative estimate of drug-likeness (QED) is 0.0568. The molecule has 2 saturated heterocycles. The van der Waals surface area contributed by atoms with Crippen molar-refractivity contribution in [2.24, 2.45) is 0 Å². The van der Waals surface area contributed by atoms with Gasteiger partial charge in [-0.3, -0.25) is 9.59 Å². The van der Waals surface area contributed by atoms with Gasteiger partial charge in [0.25, 0.3) is 0 Å². The van der Waals surface area contributed by atoms with Crippen molar-refractivity contribution in [3.8, 4) is 0 Å². The SMILES string of the molecule is CCCCCCCCCCCC(=O)OC[C@@H](O)[C@H]1OC[C@H](O)[C@H]1O.CCCCCCCCCCCC(=O)OC[C@@H](O)[C@H]1OC[C@H](O)[C@H]1O. The summed E-state index contributed by atoms with van der Waals surface area (Å²) in [6.45, 7) is 3.95. The molecule has 12 heteroatoms. The van der Waals surface area contributed by atoms with Crippen LogP contribution in [0.5, 0.6) is 0 Å². The smallest absolute Gasteiger partial charge is 0.305 e. The summed E-state index contributed by atoms with van der Waals surface area (Å²) in [5, 5.41) is 57.6. The summed E-state index contributed by atoms with van der Waals surface area (Å²) in [5.41, 5.74) is 0. The Morgan fingerprint density at radius 1 is 0.542 bits per heavy atom. The van der Waals surface area contributed by atoms with Crippen molar-refractivity contribution in [2.75, 3.05) is 26.4 Å². The Hall–Kier alpha value is -1.38. The van der Waals surface area contributed by atoms with Crippen molar-refractivity contribution in [2.45, 2.75) is 191 Å². The van der Waals surface area contributed by atoms with Crippen LogP contribution in [0.3, 0.4) is 0 Å². The minimum absolute atomic E-state index is 0.0186. The Labute approximate surface area is 288 Å². The van der Waals surface area contributed by atoms with Gasteiger partial charge in [-0.2, -0.15) is 0 Å². The highest BCUT2D eigenvalue weighted by Crippen LogP contribution is 2.19. The average molecular weight is 693 g/mol. The lowest BCUT2D eigenvalue weighted by Crippen LogP contribution is -2.41. The number of carbonyl (C=O) groups excluding carboxylic acids is 2. The molecule has 0 bridgehead atoms. The molecule has 2 fully saturated rings. The fraction of sp³-hybridized carbons (Fsp3) is 0.944. The lowest BCUT2D eigenvalue weighted by atomic mass is 10.1. The Kier molecular flexibility index (Phi) is 26.3. The molecule has 0 aromatic carbocycles. The van der Waals surface area contributed by atoms with Crippen molar-refractivity contribution in [1.82, 2.24) is 0 Å². The molecule has 2 heterocycles. The molecule has 6 N–H and O–H groups in total. The summed E-state index contributed by atoms with van der Waals surface area (Å²) in [4.78, 5) is 23.3. The number of ether oxygens (including phenoxy) is 4. The van der Waals surface area contributed by atoms with Crippen LogP contribution in [0.25, 0.3) is 0 Å². The molecule has 0 spiro atoms. The van der Waals surface area contributed by atoms with Crippen molar-refractivity contribution in [1.29, 1.82) is 0 Å². The van der Waals surface area contributed by atoms with Gasteiger partial charge in [-0.25, -0.2) is 0 Å². The zero-order valence-electron chi connectivity index (χ0n) is 29.7. The molecule has 284 valence electrons. The van der Waals surface area contributed by atoms with E-state index in [1.807, 2.05) is 0 Å². The summed E-state index contributed by atoms with van der Waals surface area (Å²) in [5.74, 6) is -0.685. The van der Waals surface area contributed by atoms with Gasteiger partial charge >= 0.3 is 11.9 Å². The molecule has 0 amide bonds. The monoisotopic (exact) mass is 692 g/mol. The van der Waals surface area contributed by atoms with Crippen LogP contribution in [0.4, 0.5) is 0 Å². The first-order chi connectivity index (χ1) is 23.1. The van der Waals surface area contributed by atoms with Crippen LogP contribution in [0, 0.1) is 0 Å². The van der Waals surface area contributed by atoms with E-state index >= 15 is 0 Å². The molecule has 8 atom stereocenters. The lowest BCUT2D eigenvalue weighted by molar-refractivity contribution is -0.151. The zero-order valence-corrected chi connectivity index (χ0v) is 29.7. The Morgan fingerprint density at radius 2 is 0.833 bits per heavy atom. The molecule has 12 nitrogen and oxygen atoms in total. The summed E-state index contributed by atoms with van der Waals surface area (Å²) < 4.78 is 20.2. The van der Waals surface area contributed by atoms with Gasteiger partial charge in [0.2, 0.25) is 0 Å². The maximum Gasteiger partial charge on any atom is 0.305 e. The molecule has 0 aromatic rings. The third-order valence-electron chi connectivity index (χ3n) is 8.94. The molecule has 48 heavy (non-hydrogen) atoms. The van der Waals surface area contributed by atoms with E-state index in [2.05, 4.69) is 13.8 Å². The first kappa shape index (κ1) is 44.6. The molecular formula is C36H68O12. The summed E-state index contributed by atoms with van der Waals surface area (Å²) in [6, 6.07) is 0. The van der Waals surface area contributed by atoms with E-state index < -0.39 is 48.8 Å². The van der Waals surface area contributed by atoms with Crippen LogP contribution in [-0.4, -0.2) is 118 Å². The zero-order chi connectivity index (χ0) is 35.6. The van der Waals surface area contributed by atoms with Crippen molar-refractivity contribution >= 4 is 11.9 Å². The van der Waals surface area contributed by atoms with Crippen LogP contribution in [0.1, 0.15) is 142 Å². The molecule has 0 aromatic heterocycles. The predicted octanol–water partition coefficient (Wildman–Crippen LogP) is 3.86. The molecule has 2 rings (SSSR count). The maximum atomic E-state index is 11.6. The predicted molar refractivity (Wildman–Crippen MR) is 181 cm³/mol. The fourth-order valence-electron chi connectivity index (χ4n) is 5.78. The van der Waals surface area contributed by atoms with Gasteiger partial charge in [0.15, 0.2) is 0 Å². The molecule has 2 aliphatic rings. The number of rotatable bonds is 26. The van der Waals surface area contributed by atoms with Gasteiger partial charge in [-0.05, 0) is 12.8 Å². The third-order valence-corrected chi connectivity index (χ3v) is 8.94. The standard InChI is InChI=1S/2C18H34O6/c2*1-2-3-4-5-6-7-8-9-10-11-16(21)23-13-15(20)18-17(22)14(19)12-24-18/h2*14-15,17-20,22H,2-13H2,1H3/t2*14-,15+,17+,18+/m00/s1. The van der Waals surface area contributed by atoms with E-state index in [-0.39, 0.29) is 38.4 Å². The van der Waals surface area contributed by atoms with Gasteiger partial charge in [-0.1, -0.05) is 117 Å². The molecule has 2 aliphatic heterocycles. The number of carbonyl (C=O) groups is 2. The normalized spacial score (nSPS) is 24.9. The van der Waals surface area contributed by atoms with Gasteiger partial charge < -0.3 is 49.6 Å². The van der Waals surface area contributed by atoms with E-state index in [0.717, 1.165) is 38.5 Å². The number of aliphatic hydroxyl groups is 6. The number of hydrogen-bond acceptors (Lipinski definition) is 12. The van der Waals surface area contributed by atoms with E-state index in [0.29, 0.717) is 12.8 Å². The Balaban J connectivity index is 0.000000480. The fourth-order valence-corrected chi connectivity index (χ4v) is 5.78. The maximum absolute atomic E-state index is 11.6. The van der Waals surface area contributed by atoms with Gasteiger partial charge in [0.05, 0.1) is 13.2 Å². The number of aliphatic hydroxyl groups excluding tert-OH is 6. The minimum atomic E-state index is -1.14. The van der Waals surface area contributed by atoms with Crippen molar-refractivity contribution in [3.63, 3.8) is 0 Å². The second-order valence-electron chi connectivity index (χ2n) is 13.4. The first-order valence-electron chi connectivity index (χ1n) is 18.7. The number of unbranched alkanes of at least 4 members (excludes halogenated alkanes) is 16. The average Bonchev–Trinajstić information content (AvgIpc) is 3.60. The van der Waals surface area contributed by atoms with Crippen LogP contribution in [-0.2, 0) is 28.5 Å². The second kappa shape index (κ2) is 28.3. The molecular weight excluding hydrogens is 624 g/mol. The van der Waals surface area contributed by atoms with Crippen molar-refractivity contribution in [3.05, 3.63) is 0 Å². The molecule has 0 unspecified atom stereocenters. The van der Waals surface area contributed by atoms with E-state index in [1.54, 1.807) is 0 Å².